The number of ether oxygens (including phenoxy) is 1. The van der Waals surface area contributed by atoms with Crippen molar-refractivity contribution in [2.45, 2.75) is 20.3 Å². The molecule has 0 saturated carbocycles. The molecule has 0 fully saturated rings. The number of halogens is 1. The Labute approximate surface area is 167 Å². The van der Waals surface area contributed by atoms with Crippen LogP contribution in [0.5, 0.6) is 5.75 Å². The summed E-state index contributed by atoms with van der Waals surface area (Å²) >= 11 is 0. The summed E-state index contributed by atoms with van der Waals surface area (Å²) < 4.78 is 5.73. The molecule has 0 aliphatic heterocycles. The van der Waals surface area contributed by atoms with Gasteiger partial charge in [-0.3, -0.25) is 9.98 Å². The highest BCUT2D eigenvalue weighted by atomic mass is 127. The first-order valence-corrected chi connectivity index (χ1v) is 8.39. The number of pyridine rings is 1. The van der Waals surface area contributed by atoms with Crippen molar-refractivity contribution >= 4 is 29.9 Å². The summed E-state index contributed by atoms with van der Waals surface area (Å²) in [4.78, 5) is 8.87. The van der Waals surface area contributed by atoms with Crippen molar-refractivity contribution in [2.75, 3.05) is 26.2 Å². The summed E-state index contributed by atoms with van der Waals surface area (Å²) in [5, 5.41) is 6.52. The van der Waals surface area contributed by atoms with Crippen molar-refractivity contribution in [3.63, 3.8) is 0 Å². The molecule has 0 bridgehead atoms. The molecule has 0 unspecified atom stereocenters. The molecule has 1 aromatic heterocycles. The number of aliphatic imine (C=N–C) groups is 1. The van der Waals surface area contributed by atoms with E-state index in [2.05, 4.69) is 40.5 Å². The van der Waals surface area contributed by atoms with Gasteiger partial charge in [0.1, 0.15) is 12.4 Å². The van der Waals surface area contributed by atoms with Gasteiger partial charge in [-0.1, -0.05) is 18.2 Å². The van der Waals surface area contributed by atoms with Crippen LogP contribution in [-0.4, -0.2) is 37.2 Å². The molecule has 5 nitrogen and oxygen atoms in total. The number of hydrogen-bond acceptors (Lipinski definition) is 3. The van der Waals surface area contributed by atoms with Crippen LogP contribution < -0.4 is 15.4 Å². The standard InChI is InChI=1S/C19H26N4O.HI/c1-3-20-19(22-12-10-17-8-4-5-11-21-17)23-13-14-24-18-9-6-7-16(2)15-18;/h4-9,11,15H,3,10,12-14H2,1-2H3,(H2,20,22,23);1H. The van der Waals surface area contributed by atoms with E-state index in [4.69, 9.17) is 4.74 Å². The van der Waals surface area contributed by atoms with E-state index >= 15 is 0 Å². The number of nitrogens with zero attached hydrogens (tertiary/aromatic N) is 2. The minimum Gasteiger partial charge on any atom is -0.492 e. The van der Waals surface area contributed by atoms with Crippen molar-refractivity contribution in [1.82, 2.24) is 15.6 Å². The zero-order chi connectivity index (χ0) is 17.0. The first-order valence-electron chi connectivity index (χ1n) is 8.39. The predicted molar refractivity (Wildman–Crippen MR) is 114 cm³/mol. The third-order valence-electron chi connectivity index (χ3n) is 3.36. The normalized spacial score (nSPS) is 10.7. The van der Waals surface area contributed by atoms with Crippen LogP contribution in [0.4, 0.5) is 0 Å². The Morgan fingerprint density at radius 1 is 1.16 bits per heavy atom. The minimum atomic E-state index is 0. The minimum absolute atomic E-state index is 0. The van der Waals surface area contributed by atoms with Crippen LogP contribution in [-0.2, 0) is 6.42 Å². The summed E-state index contributed by atoms with van der Waals surface area (Å²) in [6.45, 7) is 6.93. The molecule has 0 aliphatic rings. The van der Waals surface area contributed by atoms with Gasteiger partial charge in [0.25, 0.3) is 0 Å². The Morgan fingerprint density at radius 2 is 2.04 bits per heavy atom. The van der Waals surface area contributed by atoms with Crippen molar-refractivity contribution in [3.8, 4) is 5.75 Å². The van der Waals surface area contributed by atoms with Crippen LogP contribution in [0.15, 0.2) is 53.7 Å². The average Bonchev–Trinajstić information content (AvgIpc) is 2.60. The monoisotopic (exact) mass is 454 g/mol. The van der Waals surface area contributed by atoms with Gasteiger partial charge in [-0.15, -0.1) is 24.0 Å². The third kappa shape index (κ3) is 8.72. The lowest BCUT2D eigenvalue weighted by Crippen LogP contribution is -2.39. The lowest BCUT2D eigenvalue weighted by Gasteiger charge is -2.12. The van der Waals surface area contributed by atoms with Gasteiger partial charge in [-0.05, 0) is 43.7 Å². The molecular formula is C19H27IN4O. The van der Waals surface area contributed by atoms with Gasteiger partial charge in [0.15, 0.2) is 5.96 Å². The van der Waals surface area contributed by atoms with Gasteiger partial charge < -0.3 is 15.4 Å². The molecule has 136 valence electrons. The van der Waals surface area contributed by atoms with Gasteiger partial charge in [0, 0.05) is 31.4 Å². The van der Waals surface area contributed by atoms with E-state index in [1.54, 1.807) is 0 Å². The Hall–Kier alpha value is -1.83. The highest BCUT2D eigenvalue weighted by molar-refractivity contribution is 14.0. The van der Waals surface area contributed by atoms with E-state index in [9.17, 15) is 0 Å². The molecule has 2 aromatic rings. The SMILES string of the molecule is CCNC(=NCCc1ccccn1)NCCOc1cccc(C)c1.I. The summed E-state index contributed by atoms with van der Waals surface area (Å²) in [6.07, 6.45) is 2.64. The van der Waals surface area contributed by atoms with Crippen LogP contribution in [0.2, 0.25) is 0 Å². The molecule has 0 aliphatic carbocycles. The van der Waals surface area contributed by atoms with Gasteiger partial charge in [0.05, 0.1) is 6.54 Å². The van der Waals surface area contributed by atoms with Crippen molar-refractivity contribution in [3.05, 3.63) is 59.9 Å². The van der Waals surface area contributed by atoms with Crippen LogP contribution in [0.1, 0.15) is 18.2 Å². The summed E-state index contributed by atoms with van der Waals surface area (Å²) in [7, 11) is 0. The second-order valence-electron chi connectivity index (χ2n) is 5.42. The predicted octanol–water partition coefficient (Wildman–Crippen LogP) is 3.18. The van der Waals surface area contributed by atoms with Crippen molar-refractivity contribution in [2.24, 2.45) is 4.99 Å². The average molecular weight is 454 g/mol. The zero-order valence-electron chi connectivity index (χ0n) is 14.9. The Balaban J connectivity index is 0.00000312. The van der Waals surface area contributed by atoms with E-state index in [0.29, 0.717) is 19.7 Å². The number of aromatic nitrogens is 1. The molecule has 25 heavy (non-hydrogen) atoms. The number of hydrogen-bond donors (Lipinski definition) is 2. The molecular weight excluding hydrogens is 427 g/mol. The van der Waals surface area contributed by atoms with Crippen LogP contribution in [0.3, 0.4) is 0 Å². The summed E-state index contributed by atoms with van der Waals surface area (Å²) in [6, 6.07) is 14.0. The quantitative estimate of drug-likeness (QED) is 0.279. The lowest BCUT2D eigenvalue weighted by molar-refractivity contribution is 0.321. The Morgan fingerprint density at radius 3 is 2.76 bits per heavy atom. The van der Waals surface area contributed by atoms with E-state index in [1.165, 1.54) is 5.56 Å². The number of benzene rings is 1. The fourth-order valence-corrected chi connectivity index (χ4v) is 2.21. The summed E-state index contributed by atoms with van der Waals surface area (Å²) in [5.41, 5.74) is 2.25. The van der Waals surface area contributed by atoms with Gasteiger partial charge >= 0.3 is 0 Å². The number of aryl methyl sites for hydroxylation is 1. The maximum atomic E-state index is 5.73. The molecule has 1 heterocycles. The third-order valence-corrected chi connectivity index (χ3v) is 3.36. The maximum Gasteiger partial charge on any atom is 0.191 e. The number of rotatable bonds is 8. The number of guanidine groups is 1. The first kappa shape index (κ1) is 21.2. The van der Waals surface area contributed by atoms with Crippen molar-refractivity contribution in [1.29, 1.82) is 0 Å². The van der Waals surface area contributed by atoms with Crippen LogP contribution >= 0.6 is 24.0 Å². The molecule has 0 amide bonds. The molecule has 0 radical (unpaired) electrons. The van der Waals surface area contributed by atoms with Crippen LogP contribution in [0, 0.1) is 6.92 Å². The smallest absolute Gasteiger partial charge is 0.191 e. The summed E-state index contributed by atoms with van der Waals surface area (Å²) in [5.74, 6) is 1.70. The number of nitrogens with one attached hydrogen (secondary N) is 2. The largest absolute Gasteiger partial charge is 0.492 e. The second kappa shape index (κ2) is 12.5. The molecule has 2 rings (SSSR count). The van der Waals surface area contributed by atoms with E-state index in [0.717, 1.165) is 30.4 Å². The molecule has 2 N–H and O–H groups in total. The van der Waals surface area contributed by atoms with Gasteiger partial charge in [0.2, 0.25) is 0 Å². The van der Waals surface area contributed by atoms with E-state index in [1.807, 2.05) is 42.6 Å². The molecule has 0 atom stereocenters. The van der Waals surface area contributed by atoms with Crippen molar-refractivity contribution < 1.29 is 4.74 Å². The zero-order valence-corrected chi connectivity index (χ0v) is 17.2. The van der Waals surface area contributed by atoms with Gasteiger partial charge in [-0.25, -0.2) is 0 Å². The van der Waals surface area contributed by atoms with E-state index < -0.39 is 0 Å². The topological polar surface area (TPSA) is 58.5 Å². The second-order valence-corrected chi connectivity index (χ2v) is 5.42. The molecule has 0 spiro atoms. The lowest BCUT2D eigenvalue weighted by atomic mass is 10.2. The maximum absolute atomic E-state index is 5.73. The first-order chi connectivity index (χ1) is 11.8. The van der Waals surface area contributed by atoms with Crippen LogP contribution in [0.25, 0.3) is 0 Å². The highest BCUT2D eigenvalue weighted by Crippen LogP contribution is 2.11. The fraction of sp³-hybridized carbons (Fsp3) is 0.368. The highest BCUT2D eigenvalue weighted by Gasteiger charge is 1.99. The fourth-order valence-electron chi connectivity index (χ4n) is 2.21. The Kier molecular flexibility index (Phi) is 10.6. The Bertz CT molecular complexity index is 634. The molecule has 0 saturated heterocycles. The van der Waals surface area contributed by atoms with E-state index in [-0.39, 0.29) is 24.0 Å². The van der Waals surface area contributed by atoms with Gasteiger partial charge in [-0.2, -0.15) is 0 Å². The molecule has 1 aromatic carbocycles. The molecule has 6 heteroatoms.